The number of para-hydroxylation sites is 1. The average Bonchev–Trinajstić information content (AvgIpc) is 2.46. The molecule has 0 bridgehead atoms. The van der Waals surface area contributed by atoms with E-state index in [0.29, 0.717) is 18.9 Å². The molecule has 0 fully saturated rings. The quantitative estimate of drug-likeness (QED) is 0.749. The number of nitrogens with one attached hydrogen (secondary N) is 1. The number of hydrogen-bond donors (Lipinski definition) is 1. The summed E-state index contributed by atoms with van der Waals surface area (Å²) in [6.45, 7) is 9.07. The first-order valence-electron chi connectivity index (χ1n) is 7.47. The lowest BCUT2D eigenvalue weighted by atomic mass is 9.91. The van der Waals surface area contributed by atoms with E-state index in [0.717, 1.165) is 17.9 Å². The van der Waals surface area contributed by atoms with Crippen LogP contribution < -0.4 is 10.1 Å². The van der Waals surface area contributed by atoms with Crippen molar-refractivity contribution in [2.45, 2.75) is 39.7 Å². The number of carbonyl (C=O) groups excluding carboxylic acids is 1. The van der Waals surface area contributed by atoms with Gasteiger partial charge in [-0.15, -0.1) is 0 Å². The van der Waals surface area contributed by atoms with E-state index in [2.05, 4.69) is 19.2 Å². The summed E-state index contributed by atoms with van der Waals surface area (Å²) in [5.41, 5.74) is 0.237. The molecule has 0 aliphatic rings. The number of esters is 1. The zero-order chi connectivity index (χ0) is 15.9. The Morgan fingerprint density at radius 1 is 1.33 bits per heavy atom. The van der Waals surface area contributed by atoms with Crippen LogP contribution in [0.2, 0.25) is 0 Å². The molecule has 1 aromatic carbocycles. The molecule has 0 aliphatic heterocycles. The van der Waals surface area contributed by atoms with Crippen LogP contribution >= 0.6 is 0 Å². The summed E-state index contributed by atoms with van der Waals surface area (Å²) < 4.78 is 10.6. The topological polar surface area (TPSA) is 47.6 Å². The molecule has 0 heterocycles. The highest BCUT2D eigenvalue weighted by atomic mass is 16.5. The maximum absolute atomic E-state index is 12.4. The first-order chi connectivity index (χ1) is 9.92. The number of carbonyl (C=O) groups is 1. The van der Waals surface area contributed by atoms with Gasteiger partial charge in [-0.3, -0.25) is 4.79 Å². The third-order valence-corrected chi connectivity index (χ3v) is 3.36. The highest BCUT2D eigenvalue weighted by molar-refractivity contribution is 5.81. The maximum atomic E-state index is 12.4. The highest BCUT2D eigenvalue weighted by Gasteiger charge is 2.35. The fourth-order valence-electron chi connectivity index (χ4n) is 2.16. The Morgan fingerprint density at radius 2 is 2.00 bits per heavy atom. The Morgan fingerprint density at radius 3 is 2.57 bits per heavy atom. The first-order valence-corrected chi connectivity index (χ1v) is 7.47. The van der Waals surface area contributed by atoms with Crippen LogP contribution in [-0.4, -0.2) is 31.8 Å². The lowest BCUT2D eigenvalue weighted by Gasteiger charge is -2.30. The van der Waals surface area contributed by atoms with Crippen molar-refractivity contribution < 1.29 is 14.3 Å². The molecular formula is C17H27NO3. The van der Waals surface area contributed by atoms with Gasteiger partial charge in [0.1, 0.15) is 11.3 Å². The lowest BCUT2D eigenvalue weighted by molar-refractivity contribution is -0.150. The summed E-state index contributed by atoms with van der Waals surface area (Å²) in [6, 6.07) is 7.76. The van der Waals surface area contributed by atoms with Crippen LogP contribution in [0, 0.1) is 5.92 Å². The van der Waals surface area contributed by atoms with Crippen LogP contribution in [0.15, 0.2) is 24.3 Å². The Labute approximate surface area is 127 Å². The second-order valence-electron chi connectivity index (χ2n) is 5.82. The predicted molar refractivity (Wildman–Crippen MR) is 84.6 cm³/mol. The van der Waals surface area contributed by atoms with Crippen LogP contribution in [0.4, 0.5) is 0 Å². The smallest absolute Gasteiger partial charge is 0.326 e. The highest BCUT2D eigenvalue weighted by Crippen LogP contribution is 2.24. The van der Waals surface area contributed by atoms with Gasteiger partial charge in [0.15, 0.2) is 0 Å². The zero-order valence-electron chi connectivity index (χ0n) is 13.7. The van der Waals surface area contributed by atoms with Gasteiger partial charge in [-0.05, 0) is 37.9 Å². The van der Waals surface area contributed by atoms with Gasteiger partial charge in [0.2, 0.25) is 0 Å². The molecule has 1 atom stereocenters. The molecule has 1 rings (SSSR count). The van der Waals surface area contributed by atoms with Crippen molar-refractivity contribution in [2.24, 2.45) is 5.92 Å². The summed E-state index contributed by atoms with van der Waals surface area (Å²) in [5.74, 6) is 1.02. The summed E-state index contributed by atoms with van der Waals surface area (Å²) in [4.78, 5) is 12.4. The van der Waals surface area contributed by atoms with Gasteiger partial charge in [0, 0.05) is 6.42 Å². The SMILES string of the molecule is CCOC(=O)C(C)(Cc1ccccc1OC)NCC(C)C. The van der Waals surface area contributed by atoms with Crippen LogP contribution in [0.3, 0.4) is 0 Å². The van der Waals surface area contributed by atoms with Crippen molar-refractivity contribution in [3.8, 4) is 5.75 Å². The van der Waals surface area contributed by atoms with Gasteiger partial charge in [-0.2, -0.15) is 0 Å². The Kier molecular flexibility index (Phi) is 6.69. The minimum Gasteiger partial charge on any atom is -0.496 e. The first kappa shape index (κ1) is 17.5. The number of benzene rings is 1. The summed E-state index contributed by atoms with van der Waals surface area (Å²) >= 11 is 0. The van der Waals surface area contributed by atoms with Crippen LogP contribution in [0.25, 0.3) is 0 Å². The summed E-state index contributed by atoms with van der Waals surface area (Å²) in [6.07, 6.45) is 0.530. The Balaban J connectivity index is 2.97. The van der Waals surface area contributed by atoms with Crippen LogP contribution in [-0.2, 0) is 16.0 Å². The molecule has 4 heteroatoms. The molecule has 0 saturated carbocycles. The second kappa shape index (κ2) is 8.03. The Bertz CT molecular complexity index is 459. The van der Waals surface area contributed by atoms with Gasteiger partial charge in [0.25, 0.3) is 0 Å². The second-order valence-corrected chi connectivity index (χ2v) is 5.82. The largest absolute Gasteiger partial charge is 0.496 e. The number of hydrogen-bond acceptors (Lipinski definition) is 4. The molecule has 1 aromatic rings. The summed E-state index contributed by atoms with van der Waals surface area (Å²) in [5, 5.41) is 3.35. The molecule has 1 N–H and O–H groups in total. The number of methoxy groups -OCH3 is 1. The normalized spacial score (nSPS) is 13.8. The van der Waals surface area contributed by atoms with Gasteiger partial charge in [0.05, 0.1) is 13.7 Å². The van der Waals surface area contributed by atoms with E-state index < -0.39 is 5.54 Å². The van der Waals surface area contributed by atoms with Gasteiger partial charge in [-0.25, -0.2) is 0 Å². The fraction of sp³-hybridized carbons (Fsp3) is 0.588. The van der Waals surface area contributed by atoms with Gasteiger partial charge >= 0.3 is 5.97 Å². The van der Waals surface area contributed by atoms with Crippen LogP contribution in [0.1, 0.15) is 33.3 Å². The minimum absolute atomic E-state index is 0.225. The van der Waals surface area contributed by atoms with Crippen molar-refractivity contribution in [3.05, 3.63) is 29.8 Å². The lowest BCUT2D eigenvalue weighted by Crippen LogP contribution is -2.53. The molecule has 0 radical (unpaired) electrons. The molecule has 0 amide bonds. The molecule has 0 spiro atoms. The average molecular weight is 293 g/mol. The summed E-state index contributed by atoms with van der Waals surface area (Å²) in [7, 11) is 1.64. The monoisotopic (exact) mass is 293 g/mol. The third-order valence-electron chi connectivity index (χ3n) is 3.36. The molecule has 0 aliphatic carbocycles. The van der Waals surface area contributed by atoms with Crippen LogP contribution in [0.5, 0.6) is 5.75 Å². The zero-order valence-corrected chi connectivity index (χ0v) is 13.7. The molecule has 21 heavy (non-hydrogen) atoms. The van der Waals surface area contributed by atoms with E-state index in [-0.39, 0.29) is 5.97 Å². The molecule has 4 nitrogen and oxygen atoms in total. The number of rotatable bonds is 8. The van der Waals surface area contributed by atoms with Gasteiger partial charge in [-0.1, -0.05) is 32.0 Å². The fourth-order valence-corrected chi connectivity index (χ4v) is 2.16. The van der Waals surface area contributed by atoms with E-state index in [1.54, 1.807) is 7.11 Å². The maximum Gasteiger partial charge on any atom is 0.326 e. The van der Waals surface area contributed by atoms with Crippen molar-refractivity contribution in [1.29, 1.82) is 0 Å². The molecule has 0 saturated heterocycles. The third kappa shape index (κ3) is 5.05. The molecular weight excluding hydrogens is 266 g/mol. The molecule has 1 unspecified atom stereocenters. The van der Waals surface area contributed by atoms with Crippen molar-refractivity contribution in [1.82, 2.24) is 5.32 Å². The Hall–Kier alpha value is -1.55. The van der Waals surface area contributed by atoms with Gasteiger partial charge < -0.3 is 14.8 Å². The van der Waals surface area contributed by atoms with Crippen molar-refractivity contribution >= 4 is 5.97 Å². The van der Waals surface area contributed by atoms with E-state index >= 15 is 0 Å². The molecule has 118 valence electrons. The van der Waals surface area contributed by atoms with E-state index in [9.17, 15) is 4.79 Å². The van der Waals surface area contributed by atoms with E-state index in [4.69, 9.17) is 9.47 Å². The molecule has 0 aromatic heterocycles. The van der Waals surface area contributed by atoms with Crippen molar-refractivity contribution in [3.63, 3.8) is 0 Å². The minimum atomic E-state index is -0.755. The van der Waals surface area contributed by atoms with E-state index in [1.807, 2.05) is 38.1 Å². The van der Waals surface area contributed by atoms with Crippen molar-refractivity contribution in [2.75, 3.05) is 20.3 Å². The van der Waals surface area contributed by atoms with E-state index in [1.165, 1.54) is 0 Å². The number of ether oxygens (including phenoxy) is 2. The standard InChI is InChI=1S/C17H27NO3/c1-6-21-16(19)17(4,18-12-13(2)3)11-14-9-7-8-10-15(14)20-5/h7-10,13,18H,6,11-12H2,1-5H3. The predicted octanol–water partition coefficient (Wildman–Crippen LogP) is 2.81.